The Morgan fingerprint density at radius 1 is 1.07 bits per heavy atom. The third kappa shape index (κ3) is 3.40. The summed E-state index contributed by atoms with van der Waals surface area (Å²) in [5.74, 6) is 0.607. The third-order valence-corrected chi connectivity index (χ3v) is 5.00. The largest absolute Gasteiger partial charge is 0.349 e. The molecule has 0 radical (unpaired) electrons. The molecule has 4 rings (SSSR count). The van der Waals surface area contributed by atoms with Crippen LogP contribution < -0.4 is 10.9 Å². The van der Waals surface area contributed by atoms with Gasteiger partial charge in [-0.15, -0.1) is 0 Å². The number of hydrogen-bond acceptors (Lipinski definition) is 4. The minimum absolute atomic E-state index is 0.140. The second kappa shape index (κ2) is 7.50. The van der Waals surface area contributed by atoms with Crippen LogP contribution in [0, 0.1) is 6.92 Å². The number of rotatable bonds is 5. The number of nitrogens with zero attached hydrogens (tertiary/aromatic N) is 4. The number of carbonyl (C=O) groups is 1. The Labute approximate surface area is 168 Å². The second-order valence-electron chi connectivity index (χ2n) is 7.29. The van der Waals surface area contributed by atoms with Crippen LogP contribution in [0.4, 0.5) is 0 Å². The Kier molecular flexibility index (Phi) is 4.88. The van der Waals surface area contributed by atoms with Gasteiger partial charge in [-0.2, -0.15) is 5.10 Å². The molecule has 1 amide bonds. The van der Waals surface area contributed by atoms with E-state index in [4.69, 9.17) is 0 Å². The van der Waals surface area contributed by atoms with E-state index in [0.717, 1.165) is 16.9 Å². The predicted molar refractivity (Wildman–Crippen MR) is 113 cm³/mol. The van der Waals surface area contributed by atoms with Crippen molar-refractivity contribution in [3.8, 4) is 0 Å². The topological polar surface area (TPSA) is 81.8 Å². The predicted octanol–water partition coefficient (Wildman–Crippen LogP) is 3.07. The molecule has 1 N–H and O–H groups in total. The average Bonchev–Trinajstić information content (AvgIpc) is 3.03. The molecule has 0 aliphatic carbocycles. The first-order valence-electron chi connectivity index (χ1n) is 9.69. The van der Waals surface area contributed by atoms with Crippen molar-refractivity contribution < 1.29 is 4.79 Å². The number of imidazole rings is 1. The summed E-state index contributed by atoms with van der Waals surface area (Å²) < 4.78 is 3.45. The van der Waals surface area contributed by atoms with Crippen LogP contribution >= 0.6 is 0 Å². The summed E-state index contributed by atoms with van der Waals surface area (Å²) in [6, 6.07) is 14.9. The average molecular weight is 389 g/mol. The van der Waals surface area contributed by atoms with Crippen LogP contribution in [0.1, 0.15) is 36.2 Å². The monoisotopic (exact) mass is 389 g/mol. The highest BCUT2D eigenvalue weighted by Gasteiger charge is 2.17. The molecule has 0 aliphatic heterocycles. The highest BCUT2D eigenvalue weighted by Crippen LogP contribution is 2.16. The van der Waals surface area contributed by atoms with Crippen molar-refractivity contribution in [3.63, 3.8) is 0 Å². The van der Waals surface area contributed by atoms with Crippen LogP contribution in [0.3, 0.4) is 0 Å². The highest BCUT2D eigenvalue weighted by atomic mass is 16.2. The van der Waals surface area contributed by atoms with Crippen LogP contribution in [0.15, 0.2) is 53.3 Å². The Morgan fingerprint density at radius 2 is 1.76 bits per heavy atom. The molecule has 0 saturated heterocycles. The molecule has 7 nitrogen and oxygen atoms in total. The number of carbonyl (C=O) groups excluding carboxylic acids is 1. The van der Waals surface area contributed by atoms with Gasteiger partial charge in [-0.25, -0.2) is 9.67 Å². The van der Waals surface area contributed by atoms with Gasteiger partial charge in [-0.05, 0) is 39.0 Å². The van der Waals surface area contributed by atoms with Crippen molar-refractivity contribution in [3.05, 3.63) is 70.4 Å². The summed E-state index contributed by atoms with van der Waals surface area (Å²) in [7, 11) is 0. The summed E-state index contributed by atoms with van der Waals surface area (Å²) in [4.78, 5) is 30.1. The first-order chi connectivity index (χ1) is 14.0. The first-order valence-corrected chi connectivity index (χ1v) is 9.69. The number of nitrogens with one attached hydrogen (secondary N) is 1. The van der Waals surface area contributed by atoms with Gasteiger partial charge in [0.2, 0.25) is 0 Å². The van der Waals surface area contributed by atoms with Gasteiger partial charge < -0.3 is 9.88 Å². The molecule has 0 saturated carbocycles. The van der Waals surface area contributed by atoms with Crippen LogP contribution in [0.5, 0.6) is 0 Å². The zero-order valence-corrected chi connectivity index (χ0v) is 16.7. The summed E-state index contributed by atoms with van der Waals surface area (Å²) in [5.41, 5.74) is 2.05. The molecule has 0 aliphatic rings. The van der Waals surface area contributed by atoms with E-state index in [9.17, 15) is 9.59 Å². The maximum Gasteiger partial charge on any atom is 0.274 e. The van der Waals surface area contributed by atoms with Crippen molar-refractivity contribution in [2.45, 2.75) is 33.4 Å². The SMILES string of the molecule is Cc1nc2ccccc2n1CCNC(=O)c1nn(C(C)C)c(=O)c2ccccc12. The summed E-state index contributed by atoms with van der Waals surface area (Å²) in [5, 5.41) is 8.36. The Balaban J connectivity index is 1.60. The maximum atomic E-state index is 12.9. The molecule has 0 bridgehead atoms. The van der Waals surface area contributed by atoms with E-state index in [0.29, 0.717) is 23.9 Å². The standard InChI is InChI=1S/C22H23N5O2/c1-14(2)27-22(29)17-9-5-4-8-16(17)20(25-27)21(28)23-12-13-26-15(3)24-18-10-6-7-11-19(18)26/h4-11,14H,12-13H2,1-3H3,(H,23,28). The van der Waals surface area contributed by atoms with E-state index in [1.807, 2.05) is 45.0 Å². The lowest BCUT2D eigenvalue weighted by Crippen LogP contribution is -2.33. The number of fused-ring (bicyclic) bond motifs is 2. The van der Waals surface area contributed by atoms with Crippen molar-refractivity contribution in [1.82, 2.24) is 24.6 Å². The maximum absolute atomic E-state index is 12.9. The normalized spacial score (nSPS) is 11.4. The van der Waals surface area contributed by atoms with Gasteiger partial charge in [0.15, 0.2) is 5.69 Å². The van der Waals surface area contributed by atoms with Gasteiger partial charge in [0.05, 0.1) is 22.5 Å². The Morgan fingerprint density at radius 3 is 2.52 bits per heavy atom. The van der Waals surface area contributed by atoms with Crippen LogP contribution in [-0.4, -0.2) is 31.8 Å². The molecule has 148 valence electrons. The zero-order chi connectivity index (χ0) is 20.5. The minimum Gasteiger partial charge on any atom is -0.349 e. The van der Waals surface area contributed by atoms with E-state index < -0.39 is 0 Å². The van der Waals surface area contributed by atoms with Gasteiger partial charge in [0, 0.05) is 18.5 Å². The number of amides is 1. The molecule has 0 spiro atoms. The van der Waals surface area contributed by atoms with E-state index >= 15 is 0 Å². The van der Waals surface area contributed by atoms with E-state index in [2.05, 4.69) is 20.0 Å². The molecular formula is C22H23N5O2. The fourth-order valence-electron chi connectivity index (χ4n) is 3.57. The fourth-order valence-corrected chi connectivity index (χ4v) is 3.57. The lowest BCUT2D eigenvalue weighted by atomic mass is 10.1. The van der Waals surface area contributed by atoms with Crippen LogP contribution in [0.25, 0.3) is 21.8 Å². The smallest absolute Gasteiger partial charge is 0.274 e. The number of aromatic nitrogens is 4. The van der Waals surface area contributed by atoms with Crippen molar-refractivity contribution in [2.24, 2.45) is 0 Å². The molecule has 0 unspecified atom stereocenters. The van der Waals surface area contributed by atoms with Gasteiger partial charge in [0.1, 0.15) is 5.82 Å². The second-order valence-corrected chi connectivity index (χ2v) is 7.29. The first kappa shape index (κ1) is 18.9. The lowest BCUT2D eigenvalue weighted by molar-refractivity contribution is 0.0946. The Hall–Kier alpha value is -3.48. The summed E-state index contributed by atoms with van der Waals surface area (Å²) in [6.45, 7) is 6.72. The molecule has 29 heavy (non-hydrogen) atoms. The van der Waals surface area contributed by atoms with Crippen molar-refractivity contribution in [1.29, 1.82) is 0 Å². The van der Waals surface area contributed by atoms with Gasteiger partial charge in [-0.1, -0.05) is 30.3 Å². The molecule has 0 atom stereocenters. The summed E-state index contributed by atoms with van der Waals surface area (Å²) in [6.07, 6.45) is 0. The number of benzene rings is 2. The Bertz CT molecular complexity index is 1270. The number of hydrogen-bond donors (Lipinski definition) is 1. The minimum atomic E-state index is -0.294. The molecule has 2 heterocycles. The molecule has 7 heteroatoms. The molecule has 4 aromatic rings. The molecule has 0 fully saturated rings. The van der Waals surface area contributed by atoms with Crippen LogP contribution in [-0.2, 0) is 6.54 Å². The lowest BCUT2D eigenvalue weighted by Gasteiger charge is -2.14. The van der Waals surface area contributed by atoms with Crippen LogP contribution in [0.2, 0.25) is 0 Å². The molecule has 2 aromatic carbocycles. The highest BCUT2D eigenvalue weighted by molar-refractivity contribution is 6.04. The van der Waals surface area contributed by atoms with Gasteiger partial charge in [0.25, 0.3) is 11.5 Å². The van der Waals surface area contributed by atoms with E-state index in [-0.39, 0.29) is 23.2 Å². The molecular weight excluding hydrogens is 366 g/mol. The fraction of sp³-hybridized carbons (Fsp3) is 0.273. The van der Waals surface area contributed by atoms with Crippen molar-refractivity contribution >= 4 is 27.7 Å². The zero-order valence-electron chi connectivity index (χ0n) is 16.7. The van der Waals surface area contributed by atoms with E-state index in [1.165, 1.54) is 4.68 Å². The third-order valence-electron chi connectivity index (χ3n) is 5.00. The van der Waals surface area contributed by atoms with E-state index in [1.54, 1.807) is 24.3 Å². The number of para-hydroxylation sites is 2. The van der Waals surface area contributed by atoms with Crippen molar-refractivity contribution in [2.75, 3.05) is 6.54 Å². The summed E-state index contributed by atoms with van der Waals surface area (Å²) >= 11 is 0. The molecule has 2 aromatic heterocycles. The van der Waals surface area contributed by atoms with Gasteiger partial charge >= 0.3 is 0 Å². The number of aryl methyl sites for hydroxylation is 1. The van der Waals surface area contributed by atoms with Gasteiger partial charge in [-0.3, -0.25) is 9.59 Å². The quantitative estimate of drug-likeness (QED) is 0.569.